The zero-order valence-corrected chi connectivity index (χ0v) is 24.5. The lowest BCUT2D eigenvalue weighted by atomic mass is 10.3. The molecule has 0 saturated heterocycles. The van der Waals surface area contributed by atoms with Gasteiger partial charge in [0.2, 0.25) is 7.71 Å². The summed E-state index contributed by atoms with van der Waals surface area (Å²) in [7, 11) is -1.52. The van der Waals surface area contributed by atoms with E-state index >= 15 is 0 Å². The molecule has 0 fully saturated rings. The molecule has 0 rings (SSSR count). The van der Waals surface area contributed by atoms with Crippen molar-refractivity contribution in [2.75, 3.05) is 45.4 Å². The van der Waals surface area contributed by atoms with Crippen LogP contribution < -0.4 is 0 Å². The van der Waals surface area contributed by atoms with Crippen molar-refractivity contribution in [1.29, 1.82) is 0 Å². The summed E-state index contributed by atoms with van der Waals surface area (Å²) in [6.07, 6.45) is 20.1. The van der Waals surface area contributed by atoms with Crippen LogP contribution in [0.2, 0.25) is 0 Å². The van der Waals surface area contributed by atoms with E-state index in [1.54, 1.807) is 0 Å². The minimum atomic E-state index is -1.52. The van der Waals surface area contributed by atoms with Crippen molar-refractivity contribution < 1.29 is 0 Å². The fourth-order valence-electron chi connectivity index (χ4n) is 4.67. The Labute approximate surface area is 205 Å². The second kappa shape index (κ2) is 21.8. The Balaban J connectivity index is 6.53. The number of nitrogens with zero attached hydrogens (tertiary/aromatic N) is 3. The molecule has 0 heterocycles. The van der Waals surface area contributed by atoms with Crippen LogP contribution in [0.1, 0.15) is 138 Å². The summed E-state index contributed by atoms with van der Waals surface area (Å²) in [5, 5.41) is 0. The maximum Gasteiger partial charge on any atom is 0.227 e. The first-order valence-corrected chi connectivity index (χ1v) is 16.6. The van der Waals surface area contributed by atoms with Crippen molar-refractivity contribution in [3.05, 3.63) is 0 Å². The topological polar surface area (TPSA) is 9.72 Å². The predicted molar refractivity (Wildman–Crippen MR) is 151 cm³/mol. The van der Waals surface area contributed by atoms with Crippen molar-refractivity contribution in [2.45, 2.75) is 138 Å². The number of rotatable bonds is 24. The maximum absolute atomic E-state index is 3.09. The third-order valence-electron chi connectivity index (χ3n) is 6.79. The summed E-state index contributed by atoms with van der Waals surface area (Å²) in [4.78, 5) is 0. The molecule has 32 heavy (non-hydrogen) atoms. The molecule has 3 nitrogen and oxygen atoms in total. The molecule has 0 spiro atoms. The molecule has 4 heteroatoms. The van der Waals surface area contributed by atoms with Crippen molar-refractivity contribution in [1.82, 2.24) is 14.0 Å². The minimum absolute atomic E-state index is 1.30. The predicted octanol–water partition coefficient (Wildman–Crippen LogP) is 9.26. The molecule has 0 aliphatic heterocycles. The molecule has 0 aliphatic rings. The van der Waals surface area contributed by atoms with E-state index in [0.29, 0.717) is 0 Å². The van der Waals surface area contributed by atoms with Crippen molar-refractivity contribution in [3.63, 3.8) is 0 Å². The monoisotopic (exact) mass is 472 g/mol. The van der Waals surface area contributed by atoms with Crippen LogP contribution in [0, 0.1) is 0 Å². The van der Waals surface area contributed by atoms with Crippen molar-refractivity contribution in [3.8, 4) is 0 Å². The summed E-state index contributed by atoms with van der Waals surface area (Å²) >= 11 is 0. The lowest BCUT2D eigenvalue weighted by molar-refractivity contribution is 0.280. The first-order valence-electron chi connectivity index (χ1n) is 14.8. The van der Waals surface area contributed by atoms with Gasteiger partial charge in [0.15, 0.2) is 0 Å². The van der Waals surface area contributed by atoms with Crippen LogP contribution in [0.3, 0.4) is 0 Å². The Bertz CT molecular complexity index is 317. The molecule has 0 atom stereocenters. The summed E-state index contributed by atoms with van der Waals surface area (Å²) in [6.45, 7) is 24.5. The zero-order valence-electron chi connectivity index (χ0n) is 23.6. The first-order chi connectivity index (χ1) is 15.6. The van der Waals surface area contributed by atoms with Crippen molar-refractivity contribution in [2.24, 2.45) is 0 Å². The van der Waals surface area contributed by atoms with Gasteiger partial charge in [0.25, 0.3) is 0 Å². The van der Waals surface area contributed by atoms with Gasteiger partial charge in [-0.2, -0.15) is 0 Å². The van der Waals surface area contributed by atoms with E-state index in [9.17, 15) is 0 Å². The molecule has 0 saturated carbocycles. The fourth-order valence-corrected chi connectivity index (χ4v) is 10.1. The second-order valence-electron chi connectivity index (χ2n) is 9.75. The van der Waals surface area contributed by atoms with E-state index in [1.807, 2.05) is 0 Å². The van der Waals surface area contributed by atoms with Crippen LogP contribution in [0.15, 0.2) is 0 Å². The van der Waals surface area contributed by atoms with Crippen LogP contribution in [0.4, 0.5) is 0 Å². The van der Waals surface area contributed by atoms with E-state index in [2.05, 4.69) is 62.5 Å². The van der Waals surface area contributed by atoms with Gasteiger partial charge in [-0.15, -0.1) is 14.0 Å². The first kappa shape index (κ1) is 32.3. The van der Waals surface area contributed by atoms with Gasteiger partial charge in [0, 0.05) is 39.3 Å². The van der Waals surface area contributed by atoms with Gasteiger partial charge in [0.1, 0.15) is 6.16 Å². The van der Waals surface area contributed by atoms with Crippen LogP contribution in [0.5, 0.6) is 0 Å². The van der Waals surface area contributed by atoms with Crippen LogP contribution in [-0.2, 0) is 0 Å². The molecule has 0 aliphatic carbocycles. The molecule has 0 N–H and O–H groups in total. The molecule has 0 aromatic carbocycles. The Morgan fingerprint density at radius 3 is 0.750 bits per heavy atom. The molecule has 194 valence electrons. The molecule has 0 radical (unpaired) electrons. The number of hydrogen-bond donors (Lipinski definition) is 0. The Hall–Kier alpha value is 0.310. The lowest BCUT2D eigenvalue weighted by Crippen LogP contribution is -2.48. The highest BCUT2D eigenvalue weighted by Gasteiger charge is 2.54. The minimum Gasteiger partial charge on any atom is -0.148 e. The average molecular weight is 473 g/mol. The van der Waals surface area contributed by atoms with Gasteiger partial charge in [-0.3, -0.25) is 0 Å². The summed E-state index contributed by atoms with van der Waals surface area (Å²) in [6, 6.07) is 0. The van der Waals surface area contributed by atoms with E-state index < -0.39 is 7.71 Å². The molecule has 0 unspecified atom stereocenters. The van der Waals surface area contributed by atoms with Gasteiger partial charge < -0.3 is 0 Å². The van der Waals surface area contributed by atoms with Gasteiger partial charge in [0.05, 0.1) is 0 Å². The lowest BCUT2D eigenvalue weighted by Gasteiger charge is -2.48. The Kier molecular flexibility index (Phi) is 22.0. The van der Waals surface area contributed by atoms with Gasteiger partial charge >= 0.3 is 0 Å². The third kappa shape index (κ3) is 11.6. The summed E-state index contributed by atoms with van der Waals surface area (Å²) in [5.41, 5.74) is 0. The highest BCUT2D eigenvalue weighted by molar-refractivity contribution is 7.69. The van der Waals surface area contributed by atoms with Crippen LogP contribution in [-0.4, -0.2) is 59.4 Å². The molecular formula is C28H63N3P+. The van der Waals surface area contributed by atoms with E-state index in [0.717, 1.165) is 0 Å². The summed E-state index contributed by atoms with van der Waals surface area (Å²) in [5.74, 6) is 0. The van der Waals surface area contributed by atoms with Crippen LogP contribution >= 0.6 is 7.71 Å². The normalized spacial score (nSPS) is 12.6. The highest BCUT2D eigenvalue weighted by atomic mass is 31.2. The molecular weight excluding hydrogens is 409 g/mol. The van der Waals surface area contributed by atoms with Crippen LogP contribution in [0.25, 0.3) is 0 Å². The fraction of sp³-hybridized carbons (Fsp3) is 1.00. The largest absolute Gasteiger partial charge is 0.227 e. The SMILES string of the molecule is CCCCN(CCCC)[P+](CCCC)(N(CCCC)CCCC)N(CCCC)CCCC. The van der Waals surface area contributed by atoms with Crippen molar-refractivity contribution >= 4 is 7.71 Å². The van der Waals surface area contributed by atoms with Gasteiger partial charge in [-0.25, -0.2) is 0 Å². The Morgan fingerprint density at radius 1 is 0.344 bits per heavy atom. The van der Waals surface area contributed by atoms with Gasteiger partial charge in [-0.1, -0.05) is 93.4 Å². The highest BCUT2D eigenvalue weighted by Crippen LogP contribution is 2.68. The molecule has 0 amide bonds. The molecule has 0 aromatic heterocycles. The number of unbranched alkanes of at least 4 members (excludes halogenated alkanes) is 7. The molecule has 0 aromatic rings. The van der Waals surface area contributed by atoms with Gasteiger partial charge in [-0.05, 0) is 44.9 Å². The summed E-state index contributed by atoms with van der Waals surface area (Å²) < 4.78 is 9.27. The Morgan fingerprint density at radius 2 is 0.562 bits per heavy atom. The maximum atomic E-state index is 3.09. The second-order valence-corrected chi connectivity index (χ2v) is 13.3. The average Bonchev–Trinajstić information content (AvgIpc) is 2.81. The van der Waals surface area contributed by atoms with E-state index in [1.165, 1.54) is 135 Å². The van der Waals surface area contributed by atoms with E-state index in [4.69, 9.17) is 0 Å². The number of hydrogen-bond acceptors (Lipinski definition) is 3. The molecule has 0 bridgehead atoms. The third-order valence-corrected chi connectivity index (χ3v) is 11.6. The standard InChI is InChI=1S/C28H63N3P/c1-8-15-22-29(23-16-9-2)32(28-21-14-7,30(24-17-10-3)25-18-11-4)31(26-19-12-5)27-20-13-6/h8-28H2,1-7H3/q+1. The quantitative estimate of drug-likeness (QED) is 0.130. The zero-order chi connectivity index (χ0) is 24.1. The smallest absolute Gasteiger partial charge is 0.148 e. The van der Waals surface area contributed by atoms with E-state index in [-0.39, 0.29) is 0 Å².